The Bertz CT molecular complexity index is 1240. The SMILES string of the molecule is O=C(CCC(=O)OC[C@H](O)C1OC(=O)C(OP(=O)(O)O)=C1O)Nc1ccc(NC(P(=O)(O)O)P(=O)(O)O)cc1. The molecule has 1 aliphatic rings. The molecule has 0 bridgehead atoms. The van der Waals surface area contributed by atoms with Crippen molar-refractivity contribution < 1.29 is 81.6 Å². The first-order valence-corrected chi connectivity index (χ1v) is 15.2. The monoisotopic (exact) mass is 620 g/mol. The van der Waals surface area contributed by atoms with Crippen molar-refractivity contribution in [1.29, 1.82) is 0 Å². The molecule has 1 aromatic rings. The molecule has 0 radical (unpaired) electrons. The molecule has 1 unspecified atom stereocenters. The van der Waals surface area contributed by atoms with Crippen LogP contribution in [0.25, 0.3) is 0 Å². The van der Waals surface area contributed by atoms with Crippen molar-refractivity contribution >= 4 is 52.2 Å². The highest BCUT2D eigenvalue weighted by Crippen LogP contribution is 2.59. The second-order valence-electron chi connectivity index (χ2n) is 7.69. The lowest BCUT2D eigenvalue weighted by molar-refractivity contribution is -0.155. The average molecular weight is 620 g/mol. The summed E-state index contributed by atoms with van der Waals surface area (Å²) >= 11 is 0. The van der Waals surface area contributed by atoms with Gasteiger partial charge in [-0.2, -0.15) is 0 Å². The molecule has 1 heterocycles. The zero-order valence-corrected chi connectivity index (χ0v) is 21.9. The molecule has 1 aliphatic heterocycles. The van der Waals surface area contributed by atoms with Gasteiger partial charge in [0.05, 0.1) is 6.42 Å². The molecule has 218 valence electrons. The third kappa shape index (κ3) is 10.0. The van der Waals surface area contributed by atoms with Crippen molar-refractivity contribution in [3.05, 3.63) is 35.8 Å². The number of hydrogen-bond donors (Lipinski definition) is 10. The zero-order chi connectivity index (χ0) is 29.8. The van der Waals surface area contributed by atoms with Crippen molar-refractivity contribution in [2.75, 3.05) is 17.2 Å². The van der Waals surface area contributed by atoms with Crippen LogP contribution in [0.3, 0.4) is 0 Å². The fourth-order valence-corrected chi connectivity index (χ4v) is 5.47. The van der Waals surface area contributed by atoms with Gasteiger partial charge in [-0.15, -0.1) is 0 Å². The minimum absolute atomic E-state index is 0.0824. The highest BCUT2D eigenvalue weighted by Gasteiger charge is 2.44. The highest BCUT2D eigenvalue weighted by molar-refractivity contribution is 7.71. The predicted molar refractivity (Wildman–Crippen MR) is 125 cm³/mol. The molecule has 19 nitrogen and oxygen atoms in total. The maximum absolute atomic E-state index is 12.1. The van der Waals surface area contributed by atoms with Crippen molar-refractivity contribution in [3.8, 4) is 0 Å². The number of carbonyl (C=O) groups excluding carboxylic acids is 3. The number of aliphatic hydroxyl groups excluding tert-OH is 2. The van der Waals surface area contributed by atoms with Gasteiger partial charge in [0.1, 0.15) is 12.7 Å². The van der Waals surface area contributed by atoms with E-state index in [4.69, 9.17) is 34.1 Å². The molecule has 39 heavy (non-hydrogen) atoms. The summed E-state index contributed by atoms with van der Waals surface area (Å²) in [7, 11) is -15.7. The van der Waals surface area contributed by atoms with Crippen LogP contribution in [0.2, 0.25) is 0 Å². The van der Waals surface area contributed by atoms with Crippen molar-refractivity contribution in [3.63, 3.8) is 0 Å². The highest BCUT2D eigenvalue weighted by atomic mass is 31.2. The second-order valence-corrected chi connectivity index (χ2v) is 12.7. The number of phosphoric acid groups is 1. The molecule has 1 amide bonds. The van der Waals surface area contributed by atoms with Gasteiger partial charge in [0.2, 0.25) is 11.4 Å². The van der Waals surface area contributed by atoms with E-state index in [1.54, 1.807) is 0 Å². The summed E-state index contributed by atoms with van der Waals surface area (Å²) in [6, 6.07) is 4.80. The molecule has 0 saturated carbocycles. The van der Waals surface area contributed by atoms with Gasteiger partial charge in [-0.25, -0.2) is 9.36 Å². The Hall–Kier alpha value is -2.82. The van der Waals surface area contributed by atoms with Gasteiger partial charge in [-0.05, 0) is 24.3 Å². The van der Waals surface area contributed by atoms with E-state index in [0.717, 1.165) is 0 Å². The Kier molecular flexibility index (Phi) is 10.4. The quantitative estimate of drug-likeness (QED) is 0.0949. The lowest BCUT2D eigenvalue weighted by Gasteiger charge is -2.21. The first-order chi connectivity index (χ1) is 17.8. The van der Waals surface area contributed by atoms with E-state index in [1.165, 1.54) is 24.3 Å². The predicted octanol–water partition coefficient (Wildman–Crippen LogP) is -0.835. The summed E-state index contributed by atoms with van der Waals surface area (Å²) in [5.41, 5.74) is -2.41. The summed E-state index contributed by atoms with van der Waals surface area (Å²) in [6.07, 6.45) is -4.61. The molecule has 0 aromatic heterocycles. The zero-order valence-electron chi connectivity index (χ0n) is 19.3. The van der Waals surface area contributed by atoms with Crippen LogP contribution in [-0.2, 0) is 42.1 Å². The number of nitrogens with one attached hydrogen (secondary N) is 2. The molecule has 10 N–H and O–H groups in total. The van der Waals surface area contributed by atoms with Crippen molar-refractivity contribution in [2.45, 2.75) is 30.6 Å². The maximum Gasteiger partial charge on any atom is 0.525 e. The molecule has 0 saturated heterocycles. The van der Waals surface area contributed by atoms with Crippen LogP contribution in [0.5, 0.6) is 0 Å². The molecule has 0 aliphatic carbocycles. The van der Waals surface area contributed by atoms with Crippen LogP contribution >= 0.6 is 23.0 Å². The van der Waals surface area contributed by atoms with Crippen LogP contribution in [0.1, 0.15) is 12.8 Å². The molecule has 0 spiro atoms. The van der Waals surface area contributed by atoms with Crippen molar-refractivity contribution in [1.82, 2.24) is 0 Å². The minimum atomic E-state index is -5.23. The average Bonchev–Trinajstić information content (AvgIpc) is 3.06. The molecule has 2 rings (SSSR count). The summed E-state index contributed by atoms with van der Waals surface area (Å²) in [5.74, 6) is -5.52. The Balaban J connectivity index is 1.82. The van der Waals surface area contributed by atoms with E-state index >= 15 is 0 Å². The number of cyclic esters (lactones) is 1. The van der Waals surface area contributed by atoms with Crippen LogP contribution in [0, 0.1) is 0 Å². The van der Waals surface area contributed by atoms with Gasteiger partial charge in [0, 0.05) is 17.8 Å². The number of ether oxygens (including phenoxy) is 2. The first kappa shape index (κ1) is 32.4. The van der Waals surface area contributed by atoms with Crippen LogP contribution in [-0.4, -0.2) is 81.8 Å². The van der Waals surface area contributed by atoms with Gasteiger partial charge < -0.3 is 54.4 Å². The van der Waals surface area contributed by atoms with Gasteiger partial charge in [-0.1, -0.05) is 0 Å². The molecule has 22 heteroatoms. The fraction of sp³-hybridized carbons (Fsp3) is 0.353. The number of esters is 2. The van der Waals surface area contributed by atoms with Gasteiger partial charge in [-0.3, -0.25) is 28.5 Å². The third-order valence-corrected chi connectivity index (χ3v) is 8.31. The number of phosphoric ester groups is 1. The summed E-state index contributed by atoms with van der Waals surface area (Å²) < 4.78 is 46.7. The number of carbonyl (C=O) groups is 3. The van der Waals surface area contributed by atoms with E-state index in [0.29, 0.717) is 0 Å². The molecule has 0 fully saturated rings. The van der Waals surface area contributed by atoms with Gasteiger partial charge in [0.25, 0.3) is 5.76 Å². The van der Waals surface area contributed by atoms with Gasteiger partial charge in [0.15, 0.2) is 11.9 Å². The van der Waals surface area contributed by atoms with Crippen molar-refractivity contribution in [2.24, 2.45) is 0 Å². The van der Waals surface area contributed by atoms with Gasteiger partial charge >= 0.3 is 35.0 Å². The number of rotatable bonds is 13. The standard InChI is InChI=1S/C17H23N2O17P3/c20-10(14-13(23)15(16(24)35-14)36-39(31,32)33)7-34-12(22)6-5-11(21)18-8-1-3-9(4-2-8)19-17(37(25,26)27)38(28,29)30/h1-4,10,14,17,19-20,23H,5-7H2,(H,18,21)(H2,25,26,27)(H2,28,29,30)(H2,31,32,33)/t10-,14?/m0/s1. The largest absolute Gasteiger partial charge is 0.525 e. The molecule has 1 aromatic carbocycles. The first-order valence-electron chi connectivity index (χ1n) is 10.3. The topological polar surface area (TPSA) is 316 Å². The number of amides is 1. The normalized spacial score (nSPS) is 17.0. The minimum Gasteiger partial charge on any atom is -0.505 e. The van der Waals surface area contributed by atoms with E-state index in [-0.39, 0.29) is 11.4 Å². The molecular weight excluding hydrogens is 597 g/mol. The summed E-state index contributed by atoms with van der Waals surface area (Å²) in [6.45, 7) is -0.843. The Labute approximate surface area is 218 Å². The molecule has 2 atom stereocenters. The summed E-state index contributed by atoms with van der Waals surface area (Å²) in [5, 5.41) is 24.2. The van der Waals surface area contributed by atoms with Crippen LogP contribution in [0.4, 0.5) is 11.4 Å². The lowest BCUT2D eigenvalue weighted by Crippen LogP contribution is -2.33. The summed E-state index contributed by atoms with van der Waals surface area (Å²) in [4.78, 5) is 89.4. The van der Waals surface area contributed by atoms with Crippen LogP contribution in [0.15, 0.2) is 35.8 Å². The maximum atomic E-state index is 12.1. The molecular formula is C17H23N2O17P3. The Morgan fingerprint density at radius 1 is 0.949 bits per heavy atom. The second kappa shape index (κ2) is 12.6. The fourth-order valence-electron chi connectivity index (χ4n) is 2.86. The lowest BCUT2D eigenvalue weighted by atomic mass is 10.2. The Morgan fingerprint density at radius 3 is 2.00 bits per heavy atom. The van der Waals surface area contributed by atoms with E-state index in [2.05, 4.69) is 14.6 Å². The van der Waals surface area contributed by atoms with E-state index in [9.17, 15) is 38.3 Å². The number of benzene rings is 1. The number of hydrogen-bond acceptors (Lipinski definition) is 12. The number of aliphatic hydroxyl groups is 2. The van der Waals surface area contributed by atoms with Crippen LogP contribution < -0.4 is 10.6 Å². The smallest absolute Gasteiger partial charge is 0.505 e. The third-order valence-electron chi connectivity index (χ3n) is 4.55. The Morgan fingerprint density at radius 2 is 1.49 bits per heavy atom. The van der Waals surface area contributed by atoms with E-state index in [1.807, 2.05) is 5.32 Å². The van der Waals surface area contributed by atoms with E-state index < -0.39 is 89.6 Å². The number of anilines is 2.